The Morgan fingerprint density at radius 1 is 1.26 bits per heavy atom. The summed E-state index contributed by atoms with van der Waals surface area (Å²) >= 11 is 11.5. The summed E-state index contributed by atoms with van der Waals surface area (Å²) in [7, 11) is 0. The summed E-state index contributed by atoms with van der Waals surface area (Å²) in [6.45, 7) is 6.39. The van der Waals surface area contributed by atoms with Gasteiger partial charge in [-0.25, -0.2) is 0 Å². The Balaban J connectivity index is 0.00000484. The molecule has 0 radical (unpaired) electrons. The molecule has 0 spiro atoms. The fourth-order valence-electron chi connectivity index (χ4n) is 1.95. The zero-order valence-corrected chi connectivity index (χ0v) is 15.7. The van der Waals surface area contributed by atoms with Crippen LogP contribution in [0, 0.1) is 16.0 Å². The number of nitro groups is 1. The lowest BCUT2D eigenvalue weighted by atomic mass is 10.1. The van der Waals surface area contributed by atoms with Crippen molar-refractivity contribution in [1.82, 2.24) is 4.90 Å². The lowest BCUT2D eigenvalue weighted by Gasteiger charge is -2.20. The van der Waals surface area contributed by atoms with Crippen molar-refractivity contribution >= 4 is 41.3 Å². The quantitative estimate of drug-likeness (QED) is 0.342. The second kappa shape index (κ2) is 11.7. The lowest BCUT2D eigenvalue weighted by molar-refractivity contribution is -0.386. The molecule has 0 N–H and O–H groups in total. The molecule has 0 atom stereocenters. The fraction of sp³-hybridized carbons (Fsp3) is 0.600. The molecule has 0 aliphatic carbocycles. The van der Waals surface area contributed by atoms with Gasteiger partial charge >= 0.3 is 5.69 Å². The van der Waals surface area contributed by atoms with Crippen LogP contribution in [0.25, 0.3) is 0 Å². The third-order valence-electron chi connectivity index (χ3n) is 3.00. The highest BCUT2D eigenvalue weighted by Gasteiger charge is 2.17. The molecule has 0 amide bonds. The van der Waals surface area contributed by atoms with E-state index in [-0.39, 0.29) is 18.1 Å². The van der Waals surface area contributed by atoms with E-state index in [4.69, 9.17) is 27.9 Å². The molecule has 0 aliphatic rings. The highest BCUT2D eigenvalue weighted by Crippen LogP contribution is 2.29. The van der Waals surface area contributed by atoms with Crippen molar-refractivity contribution in [3.05, 3.63) is 33.9 Å². The first-order valence-electron chi connectivity index (χ1n) is 7.22. The Morgan fingerprint density at radius 2 is 1.87 bits per heavy atom. The molecule has 0 aliphatic heterocycles. The van der Waals surface area contributed by atoms with E-state index in [1.165, 1.54) is 0 Å². The van der Waals surface area contributed by atoms with Crippen LogP contribution in [0.3, 0.4) is 0 Å². The molecular formula is C15H23Cl3N2O3. The predicted molar refractivity (Wildman–Crippen MR) is 97.4 cm³/mol. The van der Waals surface area contributed by atoms with Crippen LogP contribution in [0.1, 0.15) is 19.4 Å². The predicted octanol–water partition coefficient (Wildman–Crippen LogP) is 4.33. The van der Waals surface area contributed by atoms with Crippen LogP contribution in [0.5, 0.6) is 5.75 Å². The van der Waals surface area contributed by atoms with Gasteiger partial charge in [0, 0.05) is 37.5 Å². The van der Waals surface area contributed by atoms with Gasteiger partial charge in [0.05, 0.1) is 11.5 Å². The van der Waals surface area contributed by atoms with E-state index >= 15 is 0 Å². The molecule has 5 nitrogen and oxygen atoms in total. The number of alkyl halides is 2. The van der Waals surface area contributed by atoms with Gasteiger partial charge in [0.2, 0.25) is 0 Å². The number of ether oxygens (including phenoxy) is 1. The molecule has 1 rings (SSSR count). The van der Waals surface area contributed by atoms with Gasteiger partial charge in [-0.15, -0.1) is 35.6 Å². The summed E-state index contributed by atoms with van der Waals surface area (Å²) in [5.74, 6) is 1.61. The summed E-state index contributed by atoms with van der Waals surface area (Å²) in [5, 5.41) is 11.2. The Kier molecular flexibility index (Phi) is 11.4. The van der Waals surface area contributed by atoms with Gasteiger partial charge in [0.25, 0.3) is 0 Å². The molecule has 0 aromatic heterocycles. The Hall–Kier alpha value is -0.750. The number of benzene rings is 1. The average molecular weight is 386 g/mol. The first-order valence-corrected chi connectivity index (χ1v) is 8.29. The van der Waals surface area contributed by atoms with Crippen LogP contribution in [0.15, 0.2) is 18.2 Å². The van der Waals surface area contributed by atoms with Crippen LogP contribution in [0.4, 0.5) is 5.69 Å². The molecule has 0 saturated heterocycles. The zero-order valence-electron chi connectivity index (χ0n) is 13.3. The number of hydrogen-bond acceptors (Lipinski definition) is 4. The van der Waals surface area contributed by atoms with E-state index in [0.29, 0.717) is 49.7 Å². The minimum atomic E-state index is -0.410. The molecule has 0 fully saturated rings. The first kappa shape index (κ1) is 22.2. The molecular weight excluding hydrogens is 363 g/mol. The van der Waals surface area contributed by atoms with Crippen molar-refractivity contribution in [1.29, 1.82) is 0 Å². The van der Waals surface area contributed by atoms with Crippen LogP contribution in [-0.4, -0.2) is 41.3 Å². The molecule has 0 heterocycles. The number of hydrogen-bond donors (Lipinski definition) is 0. The van der Waals surface area contributed by atoms with Crippen molar-refractivity contribution in [2.75, 3.05) is 31.5 Å². The molecule has 0 bridgehead atoms. The second-order valence-corrected chi connectivity index (χ2v) is 6.17. The maximum absolute atomic E-state index is 11.2. The van der Waals surface area contributed by atoms with Crippen LogP contribution >= 0.6 is 35.6 Å². The first-order chi connectivity index (χ1) is 10.5. The van der Waals surface area contributed by atoms with E-state index in [1.807, 2.05) is 19.9 Å². The van der Waals surface area contributed by atoms with Crippen molar-refractivity contribution in [3.63, 3.8) is 0 Å². The maximum atomic E-state index is 11.2. The zero-order chi connectivity index (χ0) is 16.5. The number of nitrogens with zero attached hydrogens (tertiary/aromatic N) is 2. The van der Waals surface area contributed by atoms with Crippen molar-refractivity contribution in [2.45, 2.75) is 20.4 Å². The summed E-state index contributed by atoms with van der Waals surface area (Å²) in [6, 6.07) is 5.07. The Labute approximate surface area is 153 Å². The summed E-state index contributed by atoms with van der Waals surface area (Å²) < 4.78 is 5.52. The average Bonchev–Trinajstić information content (AvgIpc) is 2.46. The Bertz CT molecular complexity index is 481. The molecule has 23 heavy (non-hydrogen) atoms. The number of rotatable bonds is 10. The normalized spacial score (nSPS) is 10.7. The van der Waals surface area contributed by atoms with E-state index in [1.54, 1.807) is 12.1 Å². The molecule has 1 aromatic rings. The van der Waals surface area contributed by atoms with Gasteiger partial charge in [0.15, 0.2) is 5.75 Å². The smallest absolute Gasteiger partial charge is 0.311 e. The fourth-order valence-corrected chi connectivity index (χ4v) is 2.43. The molecule has 1 aromatic carbocycles. The topological polar surface area (TPSA) is 55.6 Å². The van der Waals surface area contributed by atoms with E-state index in [9.17, 15) is 10.1 Å². The maximum Gasteiger partial charge on any atom is 0.311 e. The van der Waals surface area contributed by atoms with Gasteiger partial charge in [-0.1, -0.05) is 19.9 Å². The minimum Gasteiger partial charge on any atom is -0.487 e. The molecule has 0 saturated carbocycles. The highest BCUT2D eigenvalue weighted by atomic mass is 35.5. The van der Waals surface area contributed by atoms with Crippen LogP contribution in [0.2, 0.25) is 0 Å². The van der Waals surface area contributed by atoms with Crippen molar-refractivity contribution < 1.29 is 9.66 Å². The second-order valence-electron chi connectivity index (χ2n) is 5.42. The van der Waals surface area contributed by atoms with E-state index in [2.05, 4.69) is 4.90 Å². The van der Waals surface area contributed by atoms with Gasteiger partial charge < -0.3 is 4.74 Å². The largest absolute Gasteiger partial charge is 0.487 e. The monoisotopic (exact) mass is 384 g/mol. The third kappa shape index (κ3) is 8.06. The molecule has 132 valence electrons. The molecule has 8 heteroatoms. The van der Waals surface area contributed by atoms with E-state index < -0.39 is 4.92 Å². The van der Waals surface area contributed by atoms with Crippen LogP contribution < -0.4 is 4.74 Å². The van der Waals surface area contributed by atoms with Gasteiger partial charge in [-0.3, -0.25) is 15.0 Å². The number of halogens is 3. The van der Waals surface area contributed by atoms with Crippen LogP contribution in [-0.2, 0) is 6.54 Å². The SMILES string of the molecule is CC(C)COc1ccc(CN(CCCl)CCCl)cc1[N+](=O)[O-].Cl. The molecule has 0 unspecified atom stereocenters. The summed E-state index contributed by atoms with van der Waals surface area (Å²) in [5.41, 5.74) is 0.841. The lowest BCUT2D eigenvalue weighted by Crippen LogP contribution is -2.27. The standard InChI is InChI=1S/C15H22Cl2N2O3.ClH/c1-12(2)11-22-15-4-3-13(9-14(15)19(20)21)10-18(7-5-16)8-6-17;/h3-4,9,12H,5-8,10-11H2,1-2H3;1H. The van der Waals surface area contributed by atoms with Gasteiger partial charge in [0.1, 0.15) is 0 Å². The summed E-state index contributed by atoms with van der Waals surface area (Å²) in [4.78, 5) is 12.9. The van der Waals surface area contributed by atoms with E-state index in [0.717, 1.165) is 5.56 Å². The van der Waals surface area contributed by atoms with Crippen molar-refractivity contribution in [3.8, 4) is 5.75 Å². The van der Waals surface area contributed by atoms with Gasteiger partial charge in [-0.05, 0) is 17.5 Å². The Morgan fingerprint density at radius 3 is 2.35 bits per heavy atom. The summed E-state index contributed by atoms with van der Waals surface area (Å²) in [6.07, 6.45) is 0. The minimum absolute atomic E-state index is 0. The van der Waals surface area contributed by atoms with Crippen molar-refractivity contribution in [2.24, 2.45) is 5.92 Å². The number of nitro benzene ring substituents is 1. The third-order valence-corrected chi connectivity index (χ3v) is 3.34. The van der Waals surface area contributed by atoms with Gasteiger partial charge in [-0.2, -0.15) is 0 Å². The highest BCUT2D eigenvalue weighted by molar-refractivity contribution is 6.18.